The number of hydrogen-bond donors (Lipinski definition) is 0. The molecule has 0 saturated heterocycles. The van der Waals surface area contributed by atoms with Crippen molar-refractivity contribution in [2.24, 2.45) is 0 Å². The lowest BCUT2D eigenvalue weighted by atomic mass is 10.1. The maximum absolute atomic E-state index is 5.77. The highest BCUT2D eigenvalue weighted by atomic mass is 79.9. The molecule has 0 bridgehead atoms. The van der Waals surface area contributed by atoms with Gasteiger partial charge in [0.1, 0.15) is 11.5 Å². The zero-order valence-electron chi connectivity index (χ0n) is 11.0. The van der Waals surface area contributed by atoms with E-state index in [2.05, 4.69) is 57.8 Å². The number of halogens is 2. The van der Waals surface area contributed by atoms with Gasteiger partial charge in [0.15, 0.2) is 0 Å². The van der Waals surface area contributed by atoms with Crippen molar-refractivity contribution >= 4 is 31.9 Å². The summed E-state index contributed by atoms with van der Waals surface area (Å²) in [6.07, 6.45) is 2.03. The Morgan fingerprint density at radius 3 is 1.50 bits per heavy atom. The van der Waals surface area contributed by atoms with E-state index in [4.69, 9.17) is 9.47 Å². The minimum Gasteiger partial charge on any atom is -0.493 e. The van der Waals surface area contributed by atoms with E-state index in [1.807, 2.05) is 0 Å². The zero-order valence-corrected chi connectivity index (χ0v) is 14.1. The number of benzene rings is 1. The molecule has 0 aliphatic rings. The molecule has 0 unspecified atom stereocenters. The molecular weight excluding hydrogens is 360 g/mol. The van der Waals surface area contributed by atoms with Crippen molar-refractivity contribution in [2.75, 3.05) is 13.2 Å². The van der Waals surface area contributed by atoms with Crippen molar-refractivity contribution in [2.45, 2.75) is 37.3 Å². The number of alkyl halides is 2. The highest BCUT2D eigenvalue weighted by Gasteiger charge is 2.10. The van der Waals surface area contributed by atoms with Crippen LogP contribution in [0, 0.1) is 0 Å². The van der Waals surface area contributed by atoms with Gasteiger partial charge < -0.3 is 9.47 Å². The first-order valence-corrected chi connectivity index (χ1v) is 8.54. The lowest BCUT2D eigenvalue weighted by Gasteiger charge is -2.15. The molecule has 0 fully saturated rings. The fourth-order valence-corrected chi connectivity index (χ4v) is 2.42. The SMILES string of the molecule is CCCOc1cc(CBr)c(OCCC)cc1CBr. The zero-order chi connectivity index (χ0) is 13.4. The Balaban J connectivity index is 2.98. The second kappa shape index (κ2) is 8.81. The molecule has 18 heavy (non-hydrogen) atoms. The molecular formula is C14H20Br2O2. The summed E-state index contributed by atoms with van der Waals surface area (Å²) < 4.78 is 11.5. The molecule has 0 saturated carbocycles. The average Bonchev–Trinajstić information content (AvgIpc) is 2.42. The Labute approximate surface area is 126 Å². The summed E-state index contributed by atoms with van der Waals surface area (Å²) in [5.41, 5.74) is 2.28. The largest absolute Gasteiger partial charge is 0.493 e. The van der Waals surface area contributed by atoms with Crippen molar-refractivity contribution in [1.82, 2.24) is 0 Å². The van der Waals surface area contributed by atoms with E-state index in [1.165, 1.54) is 0 Å². The van der Waals surface area contributed by atoms with Crippen LogP contribution in [0.15, 0.2) is 12.1 Å². The van der Waals surface area contributed by atoms with E-state index in [0.29, 0.717) is 0 Å². The third-order valence-electron chi connectivity index (χ3n) is 2.45. The lowest BCUT2D eigenvalue weighted by molar-refractivity contribution is 0.305. The van der Waals surface area contributed by atoms with Crippen molar-refractivity contribution in [1.29, 1.82) is 0 Å². The second-order valence-electron chi connectivity index (χ2n) is 4.03. The van der Waals surface area contributed by atoms with Crippen molar-refractivity contribution < 1.29 is 9.47 Å². The molecule has 1 aromatic rings. The summed E-state index contributed by atoms with van der Waals surface area (Å²) >= 11 is 7.00. The Kier molecular flexibility index (Phi) is 7.75. The summed E-state index contributed by atoms with van der Waals surface area (Å²) in [4.78, 5) is 0. The summed E-state index contributed by atoms with van der Waals surface area (Å²) in [7, 11) is 0. The van der Waals surface area contributed by atoms with Crippen LogP contribution in [0.25, 0.3) is 0 Å². The molecule has 0 amide bonds. The van der Waals surface area contributed by atoms with Gasteiger partial charge in [0.05, 0.1) is 13.2 Å². The normalized spacial score (nSPS) is 10.4. The molecule has 0 aromatic heterocycles. The molecule has 0 radical (unpaired) electrons. The van der Waals surface area contributed by atoms with Gasteiger partial charge in [0, 0.05) is 21.8 Å². The highest BCUT2D eigenvalue weighted by Crippen LogP contribution is 2.32. The molecule has 0 aliphatic carbocycles. The van der Waals surface area contributed by atoms with Gasteiger partial charge in [-0.2, -0.15) is 0 Å². The maximum atomic E-state index is 5.77. The van der Waals surface area contributed by atoms with Crippen LogP contribution in [-0.2, 0) is 10.7 Å². The predicted octanol–water partition coefficient (Wildman–Crippen LogP) is 5.05. The minimum absolute atomic E-state index is 0.747. The topological polar surface area (TPSA) is 18.5 Å². The lowest BCUT2D eigenvalue weighted by Crippen LogP contribution is -2.03. The first kappa shape index (κ1) is 15.8. The first-order valence-electron chi connectivity index (χ1n) is 6.30. The fourth-order valence-electron chi connectivity index (χ4n) is 1.55. The second-order valence-corrected chi connectivity index (χ2v) is 5.15. The molecule has 102 valence electrons. The quantitative estimate of drug-likeness (QED) is 0.588. The van der Waals surface area contributed by atoms with Crippen LogP contribution in [-0.4, -0.2) is 13.2 Å². The molecule has 0 heterocycles. The van der Waals surface area contributed by atoms with Gasteiger partial charge in [-0.1, -0.05) is 45.7 Å². The molecule has 1 aromatic carbocycles. The minimum atomic E-state index is 0.747. The van der Waals surface area contributed by atoms with Gasteiger partial charge in [-0.15, -0.1) is 0 Å². The van der Waals surface area contributed by atoms with Gasteiger partial charge in [0.25, 0.3) is 0 Å². The molecule has 0 N–H and O–H groups in total. The predicted molar refractivity (Wildman–Crippen MR) is 83.3 cm³/mol. The van der Waals surface area contributed by atoms with Crippen molar-refractivity contribution in [3.8, 4) is 11.5 Å². The van der Waals surface area contributed by atoms with E-state index in [1.54, 1.807) is 0 Å². The van der Waals surface area contributed by atoms with Gasteiger partial charge in [-0.25, -0.2) is 0 Å². The fraction of sp³-hybridized carbons (Fsp3) is 0.571. The van der Waals surface area contributed by atoms with E-state index < -0.39 is 0 Å². The van der Waals surface area contributed by atoms with Crippen LogP contribution in [0.2, 0.25) is 0 Å². The third kappa shape index (κ3) is 4.47. The monoisotopic (exact) mass is 378 g/mol. The van der Waals surface area contributed by atoms with Gasteiger partial charge in [-0.3, -0.25) is 0 Å². The van der Waals surface area contributed by atoms with Crippen LogP contribution < -0.4 is 9.47 Å². The van der Waals surface area contributed by atoms with Crippen molar-refractivity contribution in [3.63, 3.8) is 0 Å². The van der Waals surface area contributed by atoms with Crippen LogP contribution in [0.1, 0.15) is 37.8 Å². The number of hydrogen-bond acceptors (Lipinski definition) is 2. The Bertz CT molecular complexity index is 331. The van der Waals surface area contributed by atoms with E-state index in [9.17, 15) is 0 Å². The molecule has 2 nitrogen and oxygen atoms in total. The molecule has 0 aliphatic heterocycles. The van der Waals surface area contributed by atoms with E-state index >= 15 is 0 Å². The Hall–Kier alpha value is -0.220. The molecule has 0 spiro atoms. The van der Waals surface area contributed by atoms with Crippen LogP contribution >= 0.6 is 31.9 Å². The summed E-state index contributed by atoms with van der Waals surface area (Å²) in [5.74, 6) is 1.90. The Morgan fingerprint density at radius 2 is 1.22 bits per heavy atom. The smallest absolute Gasteiger partial charge is 0.123 e. The maximum Gasteiger partial charge on any atom is 0.123 e. The average molecular weight is 380 g/mol. The number of ether oxygens (including phenoxy) is 2. The third-order valence-corrected chi connectivity index (χ3v) is 3.66. The van der Waals surface area contributed by atoms with E-state index in [-0.39, 0.29) is 0 Å². The Morgan fingerprint density at radius 1 is 0.833 bits per heavy atom. The molecule has 1 rings (SSSR count). The van der Waals surface area contributed by atoms with Gasteiger partial charge in [0.2, 0.25) is 0 Å². The summed E-state index contributed by atoms with van der Waals surface area (Å²) in [6, 6.07) is 4.15. The van der Waals surface area contributed by atoms with Gasteiger partial charge in [-0.05, 0) is 25.0 Å². The summed E-state index contributed by atoms with van der Waals surface area (Å²) in [6.45, 7) is 5.71. The van der Waals surface area contributed by atoms with Gasteiger partial charge >= 0.3 is 0 Å². The van der Waals surface area contributed by atoms with Crippen LogP contribution in [0.5, 0.6) is 11.5 Å². The van der Waals surface area contributed by atoms with E-state index in [0.717, 1.165) is 59.3 Å². The molecule has 4 heteroatoms. The van der Waals surface area contributed by atoms with Crippen LogP contribution in [0.4, 0.5) is 0 Å². The standard InChI is InChI=1S/C14H20Br2O2/c1-3-5-17-13-7-12(10-16)14(18-6-4-2)8-11(13)9-15/h7-8H,3-6,9-10H2,1-2H3. The van der Waals surface area contributed by atoms with Crippen LogP contribution in [0.3, 0.4) is 0 Å². The van der Waals surface area contributed by atoms with Crippen molar-refractivity contribution in [3.05, 3.63) is 23.3 Å². The summed E-state index contributed by atoms with van der Waals surface area (Å²) in [5, 5.41) is 1.55. The first-order chi connectivity index (χ1) is 8.76. The number of rotatable bonds is 8. The highest BCUT2D eigenvalue weighted by molar-refractivity contribution is 9.08. The molecule has 0 atom stereocenters.